The van der Waals surface area contributed by atoms with E-state index in [1.54, 1.807) is 11.6 Å². The first-order valence-electron chi connectivity index (χ1n) is 5.38. The molecule has 0 aliphatic heterocycles. The molecular formula is C11H18ClN3O. The van der Waals surface area contributed by atoms with Crippen molar-refractivity contribution < 1.29 is 4.79 Å². The molecule has 0 radical (unpaired) electrons. The number of carbonyl (C=O) groups excluding carboxylic acids is 1. The summed E-state index contributed by atoms with van der Waals surface area (Å²) in [6, 6.07) is 0.0825. The monoisotopic (exact) mass is 243 g/mol. The van der Waals surface area contributed by atoms with Crippen molar-refractivity contribution in [1.29, 1.82) is 0 Å². The summed E-state index contributed by atoms with van der Waals surface area (Å²) in [4.78, 5) is 12.2. The van der Waals surface area contributed by atoms with Gasteiger partial charge in [-0.3, -0.25) is 9.48 Å². The summed E-state index contributed by atoms with van der Waals surface area (Å²) in [7, 11) is 0. The van der Waals surface area contributed by atoms with E-state index >= 15 is 0 Å². The molecule has 0 amide bonds. The van der Waals surface area contributed by atoms with Crippen LogP contribution in [0.25, 0.3) is 0 Å². The number of hydrogen-bond acceptors (Lipinski definition) is 3. The molecule has 1 atom stereocenters. The molecular weight excluding hydrogens is 226 g/mol. The number of aromatic nitrogens is 2. The zero-order chi connectivity index (χ0) is 12.5. The standard InChI is InChI=1S/C11H18ClN3O/c1-5-11(4,13)10(16)9-8(12)6-14-15(9)7(2)3/h6-7H,5,13H2,1-4H3. The van der Waals surface area contributed by atoms with E-state index in [4.69, 9.17) is 17.3 Å². The van der Waals surface area contributed by atoms with Crippen molar-refractivity contribution in [1.82, 2.24) is 9.78 Å². The van der Waals surface area contributed by atoms with Gasteiger partial charge in [0.15, 0.2) is 0 Å². The number of carbonyl (C=O) groups is 1. The highest BCUT2D eigenvalue weighted by molar-refractivity contribution is 6.34. The van der Waals surface area contributed by atoms with Crippen molar-refractivity contribution in [2.45, 2.75) is 45.7 Å². The number of ketones is 1. The summed E-state index contributed by atoms with van der Waals surface area (Å²) in [6.45, 7) is 7.48. The first-order valence-corrected chi connectivity index (χ1v) is 5.75. The van der Waals surface area contributed by atoms with Crippen molar-refractivity contribution in [2.75, 3.05) is 0 Å². The Morgan fingerprint density at radius 3 is 2.69 bits per heavy atom. The summed E-state index contributed by atoms with van der Waals surface area (Å²) in [6.07, 6.45) is 2.05. The van der Waals surface area contributed by atoms with E-state index in [1.807, 2.05) is 20.8 Å². The normalized spacial score (nSPS) is 15.2. The zero-order valence-corrected chi connectivity index (χ0v) is 10.9. The topological polar surface area (TPSA) is 60.9 Å². The van der Waals surface area contributed by atoms with Crippen LogP contribution in [-0.4, -0.2) is 21.1 Å². The average molecular weight is 244 g/mol. The molecule has 1 aromatic heterocycles. The predicted molar refractivity (Wildman–Crippen MR) is 64.8 cm³/mol. The molecule has 16 heavy (non-hydrogen) atoms. The van der Waals surface area contributed by atoms with Gasteiger partial charge in [-0.2, -0.15) is 5.10 Å². The number of nitrogens with zero attached hydrogens (tertiary/aromatic N) is 2. The van der Waals surface area contributed by atoms with Crippen LogP contribution in [0.2, 0.25) is 5.02 Å². The molecule has 0 aliphatic carbocycles. The molecule has 90 valence electrons. The lowest BCUT2D eigenvalue weighted by Gasteiger charge is -2.22. The Morgan fingerprint density at radius 2 is 2.25 bits per heavy atom. The summed E-state index contributed by atoms with van der Waals surface area (Å²) in [5.41, 5.74) is 5.45. The van der Waals surface area contributed by atoms with E-state index in [0.717, 1.165) is 0 Å². The highest BCUT2D eigenvalue weighted by Gasteiger charge is 2.32. The molecule has 0 saturated heterocycles. The fourth-order valence-electron chi connectivity index (χ4n) is 1.38. The predicted octanol–water partition coefficient (Wildman–Crippen LogP) is 2.43. The van der Waals surface area contributed by atoms with Gasteiger partial charge >= 0.3 is 0 Å². The van der Waals surface area contributed by atoms with E-state index in [-0.39, 0.29) is 11.8 Å². The number of hydrogen-bond donors (Lipinski definition) is 1. The second-order valence-corrected chi connectivity index (χ2v) is 4.89. The van der Waals surface area contributed by atoms with E-state index in [1.165, 1.54) is 6.20 Å². The van der Waals surface area contributed by atoms with Crippen LogP contribution in [-0.2, 0) is 0 Å². The van der Waals surface area contributed by atoms with Crippen LogP contribution in [0.5, 0.6) is 0 Å². The summed E-state index contributed by atoms with van der Waals surface area (Å²) >= 11 is 5.99. The number of halogens is 1. The van der Waals surface area contributed by atoms with E-state index < -0.39 is 5.54 Å². The van der Waals surface area contributed by atoms with Crippen LogP contribution in [0.15, 0.2) is 6.20 Å². The maximum absolute atomic E-state index is 12.2. The van der Waals surface area contributed by atoms with E-state index in [9.17, 15) is 4.79 Å². The fraction of sp³-hybridized carbons (Fsp3) is 0.636. The van der Waals surface area contributed by atoms with E-state index in [2.05, 4.69) is 5.10 Å². The van der Waals surface area contributed by atoms with Gasteiger partial charge in [-0.15, -0.1) is 0 Å². The third-order valence-electron chi connectivity index (χ3n) is 2.71. The van der Waals surface area contributed by atoms with Gasteiger partial charge in [0, 0.05) is 6.04 Å². The quantitative estimate of drug-likeness (QED) is 0.827. The molecule has 0 fully saturated rings. The third kappa shape index (κ3) is 2.28. The van der Waals surface area contributed by atoms with Gasteiger partial charge < -0.3 is 5.73 Å². The maximum Gasteiger partial charge on any atom is 0.201 e. The van der Waals surface area contributed by atoms with Gasteiger partial charge in [-0.1, -0.05) is 18.5 Å². The van der Waals surface area contributed by atoms with Crippen LogP contribution in [0, 0.1) is 0 Å². The third-order valence-corrected chi connectivity index (χ3v) is 2.98. The minimum atomic E-state index is -0.893. The molecule has 4 nitrogen and oxygen atoms in total. The lowest BCUT2D eigenvalue weighted by atomic mass is 9.92. The van der Waals surface area contributed by atoms with Crippen LogP contribution in [0.1, 0.15) is 50.6 Å². The van der Waals surface area contributed by atoms with Crippen molar-refractivity contribution in [3.63, 3.8) is 0 Å². The van der Waals surface area contributed by atoms with Gasteiger partial charge in [0.2, 0.25) is 5.78 Å². The second-order valence-electron chi connectivity index (χ2n) is 4.48. The Kier molecular flexibility index (Phi) is 3.76. The van der Waals surface area contributed by atoms with Gasteiger partial charge in [0.25, 0.3) is 0 Å². The van der Waals surface area contributed by atoms with Gasteiger partial charge in [-0.25, -0.2) is 0 Å². The fourth-order valence-corrected chi connectivity index (χ4v) is 1.59. The van der Waals surface area contributed by atoms with Crippen LogP contribution in [0.3, 0.4) is 0 Å². The van der Waals surface area contributed by atoms with Gasteiger partial charge in [-0.05, 0) is 27.2 Å². The highest BCUT2D eigenvalue weighted by atomic mass is 35.5. The molecule has 1 aromatic rings. The Bertz CT molecular complexity index is 396. The minimum absolute atomic E-state index is 0.0825. The lowest BCUT2D eigenvalue weighted by Crippen LogP contribution is -2.45. The molecule has 1 rings (SSSR count). The molecule has 2 N–H and O–H groups in total. The molecule has 5 heteroatoms. The van der Waals surface area contributed by atoms with Crippen LogP contribution < -0.4 is 5.73 Å². The molecule has 0 spiro atoms. The van der Waals surface area contributed by atoms with Crippen LogP contribution >= 0.6 is 11.6 Å². The van der Waals surface area contributed by atoms with Gasteiger partial charge in [0.1, 0.15) is 5.69 Å². The summed E-state index contributed by atoms with van der Waals surface area (Å²) in [5, 5.41) is 4.46. The number of rotatable bonds is 4. The largest absolute Gasteiger partial charge is 0.319 e. The maximum atomic E-state index is 12.2. The van der Waals surface area contributed by atoms with Crippen molar-refractivity contribution in [3.8, 4) is 0 Å². The highest BCUT2D eigenvalue weighted by Crippen LogP contribution is 2.24. The van der Waals surface area contributed by atoms with Crippen LogP contribution in [0.4, 0.5) is 0 Å². The Labute approximate surface area is 101 Å². The lowest BCUT2D eigenvalue weighted by molar-refractivity contribution is 0.0885. The molecule has 0 aliphatic rings. The number of Topliss-reactive ketones (excluding diaryl/α,β-unsaturated/α-hetero) is 1. The van der Waals surface area contributed by atoms with Crippen molar-refractivity contribution >= 4 is 17.4 Å². The Morgan fingerprint density at radius 1 is 1.69 bits per heavy atom. The first kappa shape index (κ1) is 13.2. The molecule has 1 heterocycles. The molecule has 0 aromatic carbocycles. The van der Waals surface area contributed by atoms with E-state index in [0.29, 0.717) is 17.1 Å². The zero-order valence-electron chi connectivity index (χ0n) is 10.1. The van der Waals surface area contributed by atoms with Gasteiger partial charge in [0.05, 0.1) is 16.8 Å². The Balaban J connectivity index is 3.22. The smallest absolute Gasteiger partial charge is 0.201 e. The molecule has 1 unspecified atom stereocenters. The minimum Gasteiger partial charge on any atom is -0.319 e. The number of nitrogens with two attached hydrogens (primary N) is 1. The average Bonchev–Trinajstić information content (AvgIpc) is 2.59. The molecule has 0 bridgehead atoms. The molecule has 0 saturated carbocycles. The van der Waals surface area contributed by atoms with Crippen molar-refractivity contribution in [2.24, 2.45) is 5.73 Å². The Hall–Kier alpha value is -0.870. The summed E-state index contributed by atoms with van der Waals surface area (Å²) in [5.74, 6) is -0.161. The first-order chi connectivity index (χ1) is 7.31. The SMILES string of the molecule is CCC(C)(N)C(=O)c1c(Cl)cnn1C(C)C. The van der Waals surface area contributed by atoms with Crippen molar-refractivity contribution in [3.05, 3.63) is 16.9 Å². The summed E-state index contributed by atoms with van der Waals surface area (Å²) < 4.78 is 1.62. The second kappa shape index (κ2) is 4.55.